The summed E-state index contributed by atoms with van der Waals surface area (Å²) >= 11 is 0. The van der Waals surface area contributed by atoms with Gasteiger partial charge in [-0.15, -0.1) is 0 Å². The van der Waals surface area contributed by atoms with Crippen LogP contribution in [0, 0.1) is 23.6 Å². The van der Waals surface area contributed by atoms with Crippen molar-refractivity contribution in [2.24, 2.45) is 17.8 Å². The summed E-state index contributed by atoms with van der Waals surface area (Å²) in [6, 6.07) is 5.04. The van der Waals surface area contributed by atoms with Crippen molar-refractivity contribution >= 4 is 23.4 Å². The number of nitrogens with zero attached hydrogens (tertiary/aromatic N) is 2. The molecule has 1 heterocycles. The van der Waals surface area contributed by atoms with Gasteiger partial charge in [-0.3, -0.25) is 19.1 Å². The lowest BCUT2D eigenvalue weighted by atomic mass is 9.66. The van der Waals surface area contributed by atoms with Crippen LogP contribution in [0.15, 0.2) is 30.5 Å². The van der Waals surface area contributed by atoms with Crippen LogP contribution in [-0.4, -0.2) is 46.8 Å². The molecule has 3 N–H and O–H groups in total. The van der Waals surface area contributed by atoms with Crippen LogP contribution in [-0.2, 0) is 9.59 Å². The average molecular weight is 600 g/mol. The lowest BCUT2D eigenvalue weighted by molar-refractivity contribution is -0.122. The van der Waals surface area contributed by atoms with Crippen molar-refractivity contribution in [3.05, 3.63) is 47.5 Å². The third kappa shape index (κ3) is 8.21. The zero-order valence-corrected chi connectivity index (χ0v) is 25.7. The van der Waals surface area contributed by atoms with Gasteiger partial charge in [-0.25, -0.2) is 8.78 Å². The second kappa shape index (κ2) is 15.4. The number of benzene rings is 1. The van der Waals surface area contributed by atoms with E-state index in [0.29, 0.717) is 23.1 Å². The molecule has 2 aromatic rings. The van der Waals surface area contributed by atoms with Crippen LogP contribution in [0.4, 0.5) is 14.5 Å². The van der Waals surface area contributed by atoms with Gasteiger partial charge in [-0.1, -0.05) is 70.3 Å². The highest BCUT2D eigenvalue weighted by Crippen LogP contribution is 2.42. The van der Waals surface area contributed by atoms with Crippen molar-refractivity contribution in [3.8, 4) is 0 Å². The molecule has 0 saturated heterocycles. The standard InChI is InChI=1S/C33H47F2N5O3/c1-21(2)40-28(16-18-37-40)32(42)39-30(29(23-10-6-4-7-11-23)24-12-8-5-9-13-24)33(43)38-27-15-14-25(20-26(27)35)22(3)31(41)36-19-17-34/h14-16,18,20-24,29-30H,4-13,17,19H2,1-3H3,(H,36,41)(H,38,43)(H,39,42). The summed E-state index contributed by atoms with van der Waals surface area (Å²) in [7, 11) is 0. The quantitative estimate of drug-likeness (QED) is 0.266. The summed E-state index contributed by atoms with van der Waals surface area (Å²) in [6.45, 7) is 4.72. The van der Waals surface area contributed by atoms with Gasteiger partial charge in [0.1, 0.15) is 24.2 Å². The minimum absolute atomic E-state index is 0.0115. The number of hydrogen-bond donors (Lipinski definition) is 3. The molecule has 43 heavy (non-hydrogen) atoms. The number of nitrogens with one attached hydrogen (secondary N) is 3. The first-order chi connectivity index (χ1) is 20.7. The molecule has 2 aliphatic carbocycles. The molecule has 2 aliphatic rings. The van der Waals surface area contributed by atoms with Gasteiger partial charge in [0.2, 0.25) is 11.8 Å². The molecule has 8 nitrogen and oxygen atoms in total. The van der Waals surface area contributed by atoms with Crippen molar-refractivity contribution in [1.29, 1.82) is 0 Å². The molecule has 2 saturated carbocycles. The van der Waals surface area contributed by atoms with Gasteiger partial charge in [-0.2, -0.15) is 5.10 Å². The number of amides is 3. The van der Waals surface area contributed by atoms with Crippen LogP contribution in [0.25, 0.3) is 0 Å². The molecule has 0 radical (unpaired) electrons. The van der Waals surface area contributed by atoms with E-state index in [4.69, 9.17) is 0 Å². The summed E-state index contributed by atoms with van der Waals surface area (Å²) in [5, 5.41) is 12.7. The van der Waals surface area contributed by atoms with Gasteiger partial charge < -0.3 is 16.0 Å². The Morgan fingerprint density at radius 1 is 0.930 bits per heavy atom. The Bertz CT molecular complexity index is 1220. The van der Waals surface area contributed by atoms with Crippen molar-refractivity contribution in [3.63, 3.8) is 0 Å². The van der Waals surface area contributed by atoms with E-state index in [2.05, 4.69) is 21.0 Å². The monoisotopic (exact) mass is 599 g/mol. The second-order valence-electron chi connectivity index (χ2n) is 12.5. The number of carbonyl (C=O) groups is 3. The third-order valence-electron chi connectivity index (χ3n) is 9.27. The summed E-state index contributed by atoms with van der Waals surface area (Å²) in [5.74, 6) is -2.06. The van der Waals surface area contributed by atoms with Crippen LogP contribution in [0.5, 0.6) is 0 Å². The Morgan fingerprint density at radius 3 is 2.12 bits per heavy atom. The van der Waals surface area contributed by atoms with E-state index in [-0.39, 0.29) is 30.1 Å². The maximum Gasteiger partial charge on any atom is 0.270 e. The number of rotatable bonds is 12. The molecule has 0 spiro atoms. The van der Waals surface area contributed by atoms with Gasteiger partial charge >= 0.3 is 0 Å². The molecule has 1 aromatic heterocycles. The fourth-order valence-corrected chi connectivity index (χ4v) is 7.01. The largest absolute Gasteiger partial charge is 0.353 e. The van der Waals surface area contributed by atoms with Crippen LogP contribution in [0.1, 0.15) is 113 Å². The minimum Gasteiger partial charge on any atom is -0.353 e. The smallest absolute Gasteiger partial charge is 0.270 e. The first-order valence-electron chi connectivity index (χ1n) is 16.0. The molecular formula is C33H47F2N5O3. The minimum atomic E-state index is -0.848. The lowest BCUT2D eigenvalue weighted by Gasteiger charge is -2.42. The van der Waals surface area contributed by atoms with Crippen LogP contribution >= 0.6 is 0 Å². The number of anilines is 1. The Hall–Kier alpha value is -3.30. The Kier molecular flexibility index (Phi) is 11.7. The van der Waals surface area contributed by atoms with Crippen molar-refractivity contribution in [1.82, 2.24) is 20.4 Å². The fourth-order valence-electron chi connectivity index (χ4n) is 7.01. The summed E-state index contributed by atoms with van der Waals surface area (Å²) in [5.41, 5.74) is 0.790. The highest BCUT2D eigenvalue weighted by molar-refractivity contribution is 6.01. The number of hydrogen-bond acceptors (Lipinski definition) is 4. The number of halogens is 2. The molecule has 0 bridgehead atoms. The molecule has 236 valence electrons. The van der Waals surface area contributed by atoms with Gasteiger partial charge in [0.25, 0.3) is 5.91 Å². The molecule has 4 rings (SSSR count). The van der Waals surface area contributed by atoms with E-state index < -0.39 is 36.3 Å². The molecule has 2 fully saturated rings. The van der Waals surface area contributed by atoms with Gasteiger partial charge in [-0.05, 0) is 62.3 Å². The second-order valence-corrected chi connectivity index (χ2v) is 12.5. The molecule has 2 unspecified atom stereocenters. The summed E-state index contributed by atoms with van der Waals surface area (Å²) < 4.78 is 29.5. The van der Waals surface area contributed by atoms with Gasteiger partial charge in [0.05, 0.1) is 11.6 Å². The predicted octanol–water partition coefficient (Wildman–Crippen LogP) is 6.31. The van der Waals surface area contributed by atoms with Crippen molar-refractivity contribution in [2.45, 2.75) is 103 Å². The molecule has 0 aliphatic heterocycles. The zero-order chi connectivity index (χ0) is 30.9. The maximum atomic E-state index is 15.4. The number of alkyl halides is 1. The first-order valence-corrected chi connectivity index (χ1v) is 16.0. The normalized spacial score (nSPS) is 17.9. The van der Waals surface area contributed by atoms with E-state index >= 15 is 4.39 Å². The van der Waals surface area contributed by atoms with Crippen molar-refractivity contribution in [2.75, 3.05) is 18.5 Å². The number of carbonyl (C=O) groups excluding carboxylic acids is 3. The maximum absolute atomic E-state index is 15.4. The Balaban J connectivity index is 1.63. The molecule has 10 heteroatoms. The topological polar surface area (TPSA) is 105 Å². The zero-order valence-electron chi connectivity index (χ0n) is 25.7. The van der Waals surface area contributed by atoms with Gasteiger partial charge in [0, 0.05) is 18.8 Å². The SMILES string of the molecule is CC(C(=O)NCCF)c1ccc(NC(=O)C(NC(=O)c2ccnn2C(C)C)C(C2CCCCC2)C2CCCCC2)c(F)c1. The highest BCUT2D eigenvalue weighted by Gasteiger charge is 2.41. The molecular weight excluding hydrogens is 552 g/mol. The highest BCUT2D eigenvalue weighted by atomic mass is 19.1. The molecule has 3 amide bonds. The van der Waals surface area contributed by atoms with E-state index in [1.165, 1.54) is 25.0 Å². The predicted molar refractivity (Wildman–Crippen MR) is 163 cm³/mol. The molecule has 2 atom stereocenters. The third-order valence-corrected chi connectivity index (χ3v) is 9.27. The van der Waals surface area contributed by atoms with E-state index in [0.717, 1.165) is 51.4 Å². The Labute approximate surface area is 253 Å². The number of aromatic nitrogens is 2. The Morgan fingerprint density at radius 2 is 1.56 bits per heavy atom. The average Bonchev–Trinajstić information content (AvgIpc) is 3.52. The van der Waals surface area contributed by atoms with Crippen LogP contribution < -0.4 is 16.0 Å². The van der Waals surface area contributed by atoms with E-state index in [1.54, 1.807) is 29.9 Å². The van der Waals surface area contributed by atoms with Crippen LogP contribution in [0.3, 0.4) is 0 Å². The first kappa shape index (κ1) is 32.6. The summed E-state index contributed by atoms with van der Waals surface area (Å²) in [4.78, 5) is 40.1. The summed E-state index contributed by atoms with van der Waals surface area (Å²) in [6.07, 6.45) is 12.4. The van der Waals surface area contributed by atoms with Crippen LogP contribution in [0.2, 0.25) is 0 Å². The van der Waals surface area contributed by atoms with Crippen molar-refractivity contribution < 1.29 is 23.2 Å². The van der Waals surface area contributed by atoms with E-state index in [9.17, 15) is 18.8 Å². The van der Waals surface area contributed by atoms with Gasteiger partial charge in [0.15, 0.2) is 0 Å². The van der Waals surface area contributed by atoms with E-state index in [1.807, 2.05) is 13.8 Å². The fraction of sp³-hybridized carbons (Fsp3) is 0.636. The lowest BCUT2D eigenvalue weighted by Crippen LogP contribution is -2.53. The molecule has 1 aromatic carbocycles.